The molecule has 0 unspecified atom stereocenters. The first-order chi connectivity index (χ1) is 9.15. The molecule has 1 aromatic rings. The maximum absolute atomic E-state index is 11.5. The molecule has 2 N–H and O–H groups in total. The van der Waals surface area contributed by atoms with Gasteiger partial charge in [0.15, 0.2) is 0 Å². The Balaban J connectivity index is 2.37. The highest BCUT2D eigenvalue weighted by atomic mass is 32.2. The summed E-state index contributed by atoms with van der Waals surface area (Å²) in [6.07, 6.45) is 2.31. The van der Waals surface area contributed by atoms with Crippen LogP contribution in [0, 0.1) is 11.3 Å². The Hall–Kier alpha value is -2.07. The lowest BCUT2D eigenvalue weighted by molar-refractivity contribution is -0.117. The average Bonchev–Trinajstić information content (AvgIpc) is 2.43. The van der Waals surface area contributed by atoms with E-state index in [1.807, 2.05) is 13.0 Å². The maximum atomic E-state index is 11.5. The van der Waals surface area contributed by atoms with Gasteiger partial charge in [-0.15, -0.1) is 0 Å². The first kappa shape index (κ1) is 15.0. The van der Waals surface area contributed by atoms with Crippen LogP contribution in [0.3, 0.4) is 0 Å². The standard InChI is InChI=1S/C12H14N4O2S/c1-2-4-15-12(18)16-10(17)8-19-11-6-9(7-13)3-5-14-11/h3,5-6H,2,4,8H2,1H3,(H2,15,16,17,18). The molecule has 0 aliphatic carbocycles. The SMILES string of the molecule is CCCNC(=O)NC(=O)CSc1cc(C#N)ccn1. The van der Waals surface area contributed by atoms with Crippen molar-refractivity contribution in [3.63, 3.8) is 0 Å². The first-order valence-corrected chi connectivity index (χ1v) is 6.71. The van der Waals surface area contributed by atoms with E-state index in [-0.39, 0.29) is 5.75 Å². The van der Waals surface area contributed by atoms with Crippen molar-refractivity contribution in [1.29, 1.82) is 5.26 Å². The van der Waals surface area contributed by atoms with Crippen molar-refractivity contribution in [1.82, 2.24) is 15.6 Å². The maximum Gasteiger partial charge on any atom is 0.321 e. The Labute approximate surface area is 115 Å². The third-order valence-electron chi connectivity index (χ3n) is 2.00. The monoisotopic (exact) mass is 278 g/mol. The Morgan fingerprint density at radius 1 is 1.53 bits per heavy atom. The van der Waals surface area contributed by atoms with Gasteiger partial charge >= 0.3 is 6.03 Å². The molecule has 0 aromatic carbocycles. The number of urea groups is 1. The predicted octanol–water partition coefficient (Wildman–Crippen LogP) is 1.28. The molecule has 6 nitrogen and oxygen atoms in total. The highest BCUT2D eigenvalue weighted by Crippen LogP contribution is 2.15. The number of nitriles is 1. The zero-order valence-electron chi connectivity index (χ0n) is 10.5. The normalized spacial score (nSPS) is 9.47. The Morgan fingerprint density at radius 3 is 3.00 bits per heavy atom. The molecule has 0 radical (unpaired) electrons. The molecule has 0 aliphatic heterocycles. The van der Waals surface area contributed by atoms with Crippen molar-refractivity contribution in [3.8, 4) is 6.07 Å². The van der Waals surface area contributed by atoms with E-state index in [9.17, 15) is 9.59 Å². The van der Waals surface area contributed by atoms with Gasteiger partial charge in [-0.2, -0.15) is 5.26 Å². The second kappa shape index (κ2) is 8.11. The summed E-state index contributed by atoms with van der Waals surface area (Å²) in [5.74, 6) is -0.329. The molecule has 0 saturated carbocycles. The van der Waals surface area contributed by atoms with Crippen LogP contribution in [0.25, 0.3) is 0 Å². The number of rotatable bonds is 5. The number of nitrogens with zero attached hydrogens (tertiary/aromatic N) is 2. The van der Waals surface area contributed by atoms with Crippen molar-refractivity contribution in [2.24, 2.45) is 0 Å². The number of carbonyl (C=O) groups is 2. The molecule has 0 fully saturated rings. The molecule has 0 saturated heterocycles. The van der Waals surface area contributed by atoms with E-state index in [0.29, 0.717) is 17.1 Å². The second-order valence-electron chi connectivity index (χ2n) is 3.59. The van der Waals surface area contributed by atoms with Crippen molar-refractivity contribution < 1.29 is 9.59 Å². The summed E-state index contributed by atoms with van der Waals surface area (Å²) in [4.78, 5) is 26.7. The third kappa shape index (κ3) is 5.88. The van der Waals surface area contributed by atoms with Crippen molar-refractivity contribution in [2.75, 3.05) is 12.3 Å². The van der Waals surface area contributed by atoms with E-state index < -0.39 is 11.9 Å². The number of thioether (sulfide) groups is 1. The van der Waals surface area contributed by atoms with Gasteiger partial charge in [0.05, 0.1) is 22.4 Å². The predicted molar refractivity (Wildman–Crippen MR) is 71.5 cm³/mol. The van der Waals surface area contributed by atoms with E-state index in [4.69, 9.17) is 5.26 Å². The minimum Gasteiger partial charge on any atom is -0.338 e. The Kier molecular flexibility index (Phi) is 6.39. The van der Waals surface area contributed by atoms with Gasteiger partial charge in [-0.25, -0.2) is 9.78 Å². The summed E-state index contributed by atoms with van der Waals surface area (Å²) in [6.45, 7) is 2.45. The molecule has 100 valence electrons. The summed E-state index contributed by atoms with van der Waals surface area (Å²) in [5.41, 5.74) is 0.485. The number of nitrogens with one attached hydrogen (secondary N) is 2. The highest BCUT2D eigenvalue weighted by molar-refractivity contribution is 7.99. The number of hydrogen-bond acceptors (Lipinski definition) is 5. The van der Waals surface area contributed by atoms with Crippen LogP contribution in [0.5, 0.6) is 0 Å². The molecule has 1 heterocycles. The first-order valence-electron chi connectivity index (χ1n) is 5.72. The van der Waals surface area contributed by atoms with Crippen LogP contribution in [0.4, 0.5) is 4.79 Å². The van der Waals surface area contributed by atoms with Gasteiger partial charge in [0.25, 0.3) is 0 Å². The molecular formula is C12H14N4O2S. The molecule has 19 heavy (non-hydrogen) atoms. The van der Waals surface area contributed by atoms with Crippen LogP contribution < -0.4 is 10.6 Å². The Bertz CT molecular complexity index is 499. The van der Waals surface area contributed by atoms with Gasteiger partial charge in [0.1, 0.15) is 0 Å². The van der Waals surface area contributed by atoms with Gasteiger partial charge in [-0.05, 0) is 18.6 Å². The van der Waals surface area contributed by atoms with Crippen LogP contribution in [-0.2, 0) is 4.79 Å². The zero-order valence-corrected chi connectivity index (χ0v) is 11.3. The van der Waals surface area contributed by atoms with Crippen LogP contribution in [-0.4, -0.2) is 29.2 Å². The van der Waals surface area contributed by atoms with E-state index in [1.54, 1.807) is 12.1 Å². The van der Waals surface area contributed by atoms with E-state index in [1.165, 1.54) is 18.0 Å². The summed E-state index contributed by atoms with van der Waals surface area (Å²) in [5, 5.41) is 14.0. The topological polar surface area (TPSA) is 94.9 Å². The Morgan fingerprint density at radius 2 is 2.32 bits per heavy atom. The summed E-state index contributed by atoms with van der Waals surface area (Å²) in [7, 11) is 0. The van der Waals surface area contributed by atoms with Crippen LogP contribution in [0.15, 0.2) is 23.4 Å². The summed E-state index contributed by atoms with van der Waals surface area (Å²) < 4.78 is 0. The third-order valence-corrected chi connectivity index (χ3v) is 2.93. The average molecular weight is 278 g/mol. The van der Waals surface area contributed by atoms with Crippen LogP contribution in [0.1, 0.15) is 18.9 Å². The number of imide groups is 1. The molecular weight excluding hydrogens is 264 g/mol. The lowest BCUT2D eigenvalue weighted by Crippen LogP contribution is -2.40. The molecule has 0 spiro atoms. The quantitative estimate of drug-likeness (QED) is 0.791. The highest BCUT2D eigenvalue weighted by Gasteiger charge is 2.08. The van der Waals surface area contributed by atoms with Gasteiger partial charge in [0.2, 0.25) is 5.91 Å². The fraction of sp³-hybridized carbons (Fsp3) is 0.333. The molecule has 7 heteroatoms. The molecule has 0 aliphatic rings. The number of pyridine rings is 1. The largest absolute Gasteiger partial charge is 0.338 e. The minimum atomic E-state index is -0.494. The number of carbonyl (C=O) groups excluding carboxylic acids is 2. The van der Waals surface area contributed by atoms with E-state index in [0.717, 1.165) is 6.42 Å². The lowest BCUT2D eigenvalue weighted by atomic mass is 10.3. The van der Waals surface area contributed by atoms with Crippen molar-refractivity contribution in [3.05, 3.63) is 23.9 Å². The van der Waals surface area contributed by atoms with Crippen molar-refractivity contribution in [2.45, 2.75) is 18.4 Å². The summed E-state index contributed by atoms with van der Waals surface area (Å²) in [6, 6.07) is 4.68. The van der Waals surface area contributed by atoms with Gasteiger partial charge in [0, 0.05) is 12.7 Å². The van der Waals surface area contributed by atoms with Gasteiger partial charge in [-0.1, -0.05) is 18.7 Å². The molecule has 1 rings (SSSR count). The fourth-order valence-electron chi connectivity index (χ4n) is 1.14. The van der Waals surface area contributed by atoms with Gasteiger partial charge < -0.3 is 5.32 Å². The van der Waals surface area contributed by atoms with Crippen molar-refractivity contribution >= 4 is 23.7 Å². The second-order valence-corrected chi connectivity index (χ2v) is 4.58. The molecule has 3 amide bonds. The summed E-state index contributed by atoms with van der Waals surface area (Å²) >= 11 is 1.17. The molecule has 0 bridgehead atoms. The minimum absolute atomic E-state index is 0.0709. The van der Waals surface area contributed by atoms with Crippen LogP contribution in [0.2, 0.25) is 0 Å². The van der Waals surface area contributed by atoms with Crippen LogP contribution >= 0.6 is 11.8 Å². The molecule has 1 aromatic heterocycles. The van der Waals surface area contributed by atoms with E-state index >= 15 is 0 Å². The fourth-order valence-corrected chi connectivity index (χ4v) is 1.84. The number of hydrogen-bond donors (Lipinski definition) is 2. The molecule has 0 atom stereocenters. The van der Waals surface area contributed by atoms with Gasteiger partial charge in [-0.3, -0.25) is 10.1 Å². The van der Waals surface area contributed by atoms with E-state index in [2.05, 4.69) is 15.6 Å². The number of amides is 3. The smallest absolute Gasteiger partial charge is 0.321 e. The number of aromatic nitrogens is 1. The lowest BCUT2D eigenvalue weighted by Gasteiger charge is -2.05. The zero-order chi connectivity index (χ0) is 14.1.